The van der Waals surface area contributed by atoms with Gasteiger partial charge in [0, 0.05) is 24.8 Å². The van der Waals surface area contributed by atoms with Gasteiger partial charge >= 0.3 is 0 Å². The van der Waals surface area contributed by atoms with E-state index < -0.39 is 0 Å². The zero-order valence-electron chi connectivity index (χ0n) is 10.4. The number of hydrogen-bond donors (Lipinski definition) is 0. The predicted molar refractivity (Wildman–Crippen MR) is 69.9 cm³/mol. The van der Waals surface area contributed by atoms with Crippen molar-refractivity contribution in [3.8, 4) is 0 Å². The summed E-state index contributed by atoms with van der Waals surface area (Å²) in [6.45, 7) is 5.63. The first-order chi connectivity index (χ1) is 8.18. The summed E-state index contributed by atoms with van der Waals surface area (Å²) in [5.74, 6) is 2.39. The maximum atomic E-state index is 11.9. The Morgan fingerprint density at radius 3 is 3.00 bits per heavy atom. The van der Waals surface area contributed by atoms with E-state index >= 15 is 0 Å². The van der Waals surface area contributed by atoms with Crippen LogP contribution >= 0.6 is 11.8 Å². The second-order valence-electron chi connectivity index (χ2n) is 4.64. The van der Waals surface area contributed by atoms with Gasteiger partial charge in [-0.3, -0.25) is 4.79 Å². The summed E-state index contributed by atoms with van der Waals surface area (Å²) in [7, 11) is 0. The van der Waals surface area contributed by atoms with E-state index in [1.807, 2.05) is 42.6 Å². The molecule has 0 bridgehead atoms. The molecular formula is C13H19NO2S. The number of nitrogens with zero attached hydrogens (tertiary/aromatic N) is 1. The Bertz CT molecular complexity index is 362. The van der Waals surface area contributed by atoms with Gasteiger partial charge in [0.1, 0.15) is 5.76 Å². The highest BCUT2D eigenvalue weighted by Gasteiger charge is 2.24. The van der Waals surface area contributed by atoms with Gasteiger partial charge in [0.25, 0.3) is 0 Å². The molecule has 1 atom stereocenters. The molecule has 1 aromatic heterocycles. The third-order valence-corrected chi connectivity index (χ3v) is 4.30. The molecule has 0 N–H and O–H groups in total. The quantitative estimate of drug-likeness (QED) is 0.812. The fourth-order valence-corrected chi connectivity index (χ4v) is 3.24. The van der Waals surface area contributed by atoms with E-state index in [4.69, 9.17) is 4.42 Å². The number of hydrogen-bond acceptors (Lipinski definition) is 3. The van der Waals surface area contributed by atoms with Gasteiger partial charge in [-0.15, -0.1) is 11.8 Å². The molecule has 0 aromatic carbocycles. The molecule has 2 heterocycles. The smallest absolute Gasteiger partial charge is 0.225 e. The first-order valence-electron chi connectivity index (χ1n) is 6.12. The van der Waals surface area contributed by atoms with Gasteiger partial charge in [0.2, 0.25) is 5.91 Å². The highest BCUT2D eigenvalue weighted by molar-refractivity contribution is 7.99. The number of thioether (sulfide) groups is 1. The van der Waals surface area contributed by atoms with Crippen molar-refractivity contribution < 1.29 is 9.21 Å². The normalized spacial score (nSPS) is 21.6. The van der Waals surface area contributed by atoms with E-state index in [9.17, 15) is 4.79 Å². The molecule has 1 aliphatic rings. The largest absolute Gasteiger partial charge is 0.468 e. The minimum absolute atomic E-state index is 0.0974. The third kappa shape index (κ3) is 3.06. The molecule has 1 amide bonds. The molecular weight excluding hydrogens is 234 g/mol. The van der Waals surface area contributed by atoms with E-state index in [1.54, 1.807) is 6.26 Å². The molecule has 3 nitrogen and oxygen atoms in total. The monoisotopic (exact) mass is 253 g/mol. The third-order valence-electron chi connectivity index (χ3n) is 3.01. The fraction of sp³-hybridized carbons (Fsp3) is 0.615. The summed E-state index contributed by atoms with van der Waals surface area (Å²) in [5, 5.41) is 0.398. The zero-order chi connectivity index (χ0) is 12.3. The summed E-state index contributed by atoms with van der Waals surface area (Å²) < 4.78 is 5.45. The SMILES string of the molecule is CC(C)C(=O)N1CCSC(c2ccco2)CC1. The van der Waals surface area contributed by atoms with E-state index in [0.717, 1.165) is 31.0 Å². The first-order valence-corrected chi connectivity index (χ1v) is 7.17. The number of furan rings is 1. The lowest BCUT2D eigenvalue weighted by Crippen LogP contribution is -2.35. The van der Waals surface area contributed by atoms with Crippen LogP contribution in [0.15, 0.2) is 22.8 Å². The van der Waals surface area contributed by atoms with Crippen LogP contribution in [0.3, 0.4) is 0 Å². The Balaban J connectivity index is 1.96. The molecule has 0 saturated carbocycles. The van der Waals surface area contributed by atoms with Crippen LogP contribution in [0.4, 0.5) is 0 Å². The summed E-state index contributed by atoms with van der Waals surface area (Å²) in [4.78, 5) is 13.9. The lowest BCUT2D eigenvalue weighted by molar-refractivity contribution is -0.134. The molecule has 1 saturated heterocycles. The number of carbonyl (C=O) groups is 1. The Morgan fingerprint density at radius 1 is 1.53 bits per heavy atom. The molecule has 1 fully saturated rings. The molecule has 1 aromatic rings. The molecule has 2 rings (SSSR count). The van der Waals surface area contributed by atoms with E-state index in [1.165, 1.54) is 0 Å². The molecule has 94 valence electrons. The van der Waals surface area contributed by atoms with Gasteiger partial charge in [-0.1, -0.05) is 13.8 Å². The van der Waals surface area contributed by atoms with Gasteiger partial charge in [0.05, 0.1) is 11.5 Å². The van der Waals surface area contributed by atoms with Gasteiger partial charge in [-0.05, 0) is 18.6 Å². The maximum absolute atomic E-state index is 11.9. The minimum atomic E-state index is 0.0974. The van der Waals surface area contributed by atoms with Crippen LogP contribution < -0.4 is 0 Å². The van der Waals surface area contributed by atoms with Crippen LogP contribution in [-0.4, -0.2) is 29.6 Å². The van der Waals surface area contributed by atoms with E-state index in [2.05, 4.69) is 0 Å². The molecule has 1 unspecified atom stereocenters. The molecule has 1 aliphatic heterocycles. The summed E-state index contributed by atoms with van der Waals surface area (Å²) in [6, 6.07) is 3.95. The van der Waals surface area contributed by atoms with Crippen molar-refractivity contribution >= 4 is 17.7 Å². The maximum Gasteiger partial charge on any atom is 0.225 e. The number of rotatable bonds is 2. The molecule has 4 heteroatoms. The lowest BCUT2D eigenvalue weighted by atomic mass is 10.1. The average molecular weight is 253 g/mol. The predicted octanol–water partition coefficient (Wildman–Crippen LogP) is 2.94. The number of amides is 1. The summed E-state index contributed by atoms with van der Waals surface area (Å²) >= 11 is 1.89. The summed E-state index contributed by atoms with van der Waals surface area (Å²) in [5.41, 5.74) is 0. The van der Waals surface area contributed by atoms with Crippen molar-refractivity contribution in [3.63, 3.8) is 0 Å². The highest BCUT2D eigenvalue weighted by Crippen LogP contribution is 2.34. The average Bonchev–Trinajstić information content (AvgIpc) is 2.73. The van der Waals surface area contributed by atoms with Crippen molar-refractivity contribution in [2.45, 2.75) is 25.5 Å². The highest BCUT2D eigenvalue weighted by atomic mass is 32.2. The van der Waals surface area contributed by atoms with Crippen LogP contribution in [0.5, 0.6) is 0 Å². The Hall–Kier alpha value is -0.900. The van der Waals surface area contributed by atoms with Crippen molar-refractivity contribution in [1.82, 2.24) is 4.90 Å². The van der Waals surface area contributed by atoms with Gasteiger partial charge in [-0.25, -0.2) is 0 Å². The second kappa shape index (κ2) is 5.63. The molecule has 0 spiro atoms. The zero-order valence-corrected chi connectivity index (χ0v) is 11.2. The van der Waals surface area contributed by atoms with Crippen molar-refractivity contribution in [2.75, 3.05) is 18.8 Å². The number of carbonyl (C=O) groups excluding carboxylic acids is 1. The topological polar surface area (TPSA) is 33.5 Å². The molecule has 0 aliphatic carbocycles. The minimum Gasteiger partial charge on any atom is -0.468 e. The van der Waals surface area contributed by atoms with Crippen LogP contribution in [0.1, 0.15) is 31.3 Å². The molecule has 17 heavy (non-hydrogen) atoms. The van der Waals surface area contributed by atoms with Crippen molar-refractivity contribution in [3.05, 3.63) is 24.2 Å². The van der Waals surface area contributed by atoms with Gasteiger partial charge < -0.3 is 9.32 Å². The fourth-order valence-electron chi connectivity index (χ4n) is 2.06. The van der Waals surface area contributed by atoms with Crippen LogP contribution in [0.2, 0.25) is 0 Å². The Kier molecular flexibility index (Phi) is 4.15. The second-order valence-corrected chi connectivity index (χ2v) is 5.95. The van der Waals surface area contributed by atoms with Crippen LogP contribution in [-0.2, 0) is 4.79 Å². The Morgan fingerprint density at radius 2 is 2.35 bits per heavy atom. The van der Waals surface area contributed by atoms with Gasteiger partial charge in [-0.2, -0.15) is 0 Å². The van der Waals surface area contributed by atoms with Crippen molar-refractivity contribution in [1.29, 1.82) is 0 Å². The molecule has 0 radical (unpaired) electrons. The van der Waals surface area contributed by atoms with Crippen LogP contribution in [0, 0.1) is 5.92 Å². The van der Waals surface area contributed by atoms with E-state index in [-0.39, 0.29) is 11.8 Å². The van der Waals surface area contributed by atoms with Crippen LogP contribution in [0.25, 0.3) is 0 Å². The Labute approximate surface area is 107 Å². The summed E-state index contributed by atoms with van der Waals surface area (Å²) in [6.07, 6.45) is 2.70. The standard InChI is InChI=1S/C13H19NO2S/c1-10(2)13(15)14-6-5-12(17-9-7-14)11-4-3-8-16-11/h3-4,8,10,12H,5-7,9H2,1-2H3. The first kappa shape index (κ1) is 12.6. The lowest BCUT2D eigenvalue weighted by Gasteiger charge is -2.22. The van der Waals surface area contributed by atoms with Gasteiger partial charge in [0.15, 0.2) is 0 Å². The van der Waals surface area contributed by atoms with E-state index in [0.29, 0.717) is 5.25 Å². The van der Waals surface area contributed by atoms with Crippen molar-refractivity contribution in [2.24, 2.45) is 5.92 Å².